The summed E-state index contributed by atoms with van der Waals surface area (Å²) in [4.78, 5) is 4.20. The average Bonchev–Trinajstić information content (AvgIpc) is 2.23. The van der Waals surface area contributed by atoms with Crippen LogP contribution in [0.5, 0.6) is 0 Å². The minimum Gasteiger partial charge on any atom is -0.370 e. The minimum atomic E-state index is 0.562. The van der Waals surface area contributed by atoms with Crippen LogP contribution < -0.4 is 0 Å². The molecule has 74 valence electrons. The second-order valence-electron chi connectivity index (χ2n) is 3.39. The molecule has 0 radical (unpaired) electrons. The molecule has 0 bridgehead atoms. The molecule has 0 saturated heterocycles. The van der Waals surface area contributed by atoms with Crippen molar-refractivity contribution in [3.63, 3.8) is 0 Å². The summed E-state index contributed by atoms with van der Waals surface area (Å²) in [5, 5.41) is 0.811. The fourth-order valence-corrected chi connectivity index (χ4v) is 1.95. The number of ether oxygens (including phenoxy) is 1. The van der Waals surface area contributed by atoms with Crippen LogP contribution in [0.1, 0.15) is 16.7 Å². The van der Waals surface area contributed by atoms with Crippen molar-refractivity contribution in [3.05, 3.63) is 33.8 Å². The van der Waals surface area contributed by atoms with Gasteiger partial charge < -0.3 is 4.74 Å². The molecule has 1 aliphatic heterocycles. The normalized spacial score (nSPS) is 18.4. The van der Waals surface area contributed by atoms with E-state index in [1.165, 1.54) is 0 Å². The highest BCUT2D eigenvalue weighted by atomic mass is 35.5. The molecule has 0 saturated carbocycles. The molecule has 0 aromatic heterocycles. The summed E-state index contributed by atoms with van der Waals surface area (Å²) in [6, 6.07) is 4.07. The Balaban J connectivity index is 2.65. The van der Waals surface area contributed by atoms with Crippen LogP contribution in [0.3, 0.4) is 0 Å². The lowest BCUT2D eigenvalue weighted by Gasteiger charge is -2.20. The number of benzene rings is 1. The first-order valence-electron chi connectivity index (χ1n) is 4.55. The maximum absolute atomic E-state index is 6.25. The molecule has 0 amide bonds. The molecule has 1 aromatic carbocycles. The van der Waals surface area contributed by atoms with Crippen molar-refractivity contribution in [1.29, 1.82) is 0 Å². The SMILES string of the molecule is CN=C1COCc2ccc(C)c(Cl)c21. The first kappa shape index (κ1) is 9.69. The molecular formula is C11H12ClNO. The zero-order valence-corrected chi connectivity index (χ0v) is 9.06. The Morgan fingerprint density at radius 1 is 1.36 bits per heavy atom. The molecule has 0 atom stereocenters. The quantitative estimate of drug-likeness (QED) is 0.644. The molecule has 14 heavy (non-hydrogen) atoms. The van der Waals surface area contributed by atoms with Crippen molar-refractivity contribution in [2.24, 2.45) is 4.99 Å². The minimum absolute atomic E-state index is 0.562. The number of hydrogen-bond donors (Lipinski definition) is 0. The topological polar surface area (TPSA) is 21.6 Å². The molecule has 2 rings (SSSR count). The summed E-state index contributed by atoms with van der Waals surface area (Å²) >= 11 is 6.25. The summed E-state index contributed by atoms with van der Waals surface area (Å²) < 4.78 is 5.40. The molecule has 0 fully saturated rings. The molecule has 0 aliphatic carbocycles. The fourth-order valence-electron chi connectivity index (χ4n) is 1.66. The van der Waals surface area contributed by atoms with Crippen molar-refractivity contribution in [3.8, 4) is 0 Å². The summed E-state index contributed by atoms with van der Waals surface area (Å²) in [5.41, 5.74) is 4.24. The Morgan fingerprint density at radius 3 is 2.86 bits per heavy atom. The van der Waals surface area contributed by atoms with Crippen LogP contribution in [-0.4, -0.2) is 19.4 Å². The Kier molecular flexibility index (Phi) is 2.57. The third-order valence-electron chi connectivity index (χ3n) is 2.48. The molecule has 1 aromatic rings. The number of nitrogens with zero attached hydrogens (tertiary/aromatic N) is 1. The second-order valence-corrected chi connectivity index (χ2v) is 3.77. The Morgan fingerprint density at radius 2 is 2.14 bits per heavy atom. The van der Waals surface area contributed by atoms with E-state index in [1.54, 1.807) is 7.05 Å². The first-order chi connectivity index (χ1) is 6.74. The van der Waals surface area contributed by atoms with E-state index in [1.807, 2.05) is 13.0 Å². The number of hydrogen-bond acceptors (Lipinski definition) is 2. The van der Waals surface area contributed by atoms with Gasteiger partial charge in [0.1, 0.15) is 0 Å². The fraction of sp³-hybridized carbons (Fsp3) is 0.364. The zero-order chi connectivity index (χ0) is 10.1. The molecule has 0 N–H and O–H groups in total. The standard InChI is InChI=1S/C11H12ClNO/c1-7-3-4-8-5-14-6-9(13-2)10(8)11(7)12/h3-4H,5-6H2,1-2H3. The van der Waals surface area contributed by atoms with Crippen molar-refractivity contribution in [2.75, 3.05) is 13.7 Å². The van der Waals surface area contributed by atoms with Crippen LogP contribution >= 0.6 is 11.6 Å². The predicted molar refractivity (Wildman–Crippen MR) is 58.3 cm³/mol. The summed E-state index contributed by atoms with van der Waals surface area (Å²) in [5.74, 6) is 0. The van der Waals surface area contributed by atoms with Gasteiger partial charge in [-0.2, -0.15) is 0 Å². The van der Waals surface area contributed by atoms with Gasteiger partial charge in [-0.1, -0.05) is 23.7 Å². The third-order valence-corrected chi connectivity index (χ3v) is 2.96. The first-order valence-corrected chi connectivity index (χ1v) is 4.93. The Labute approximate surface area is 88.6 Å². The summed E-state index contributed by atoms with van der Waals surface area (Å²) in [6.45, 7) is 3.20. The molecule has 1 heterocycles. The van der Waals surface area contributed by atoms with Crippen LogP contribution in [0.25, 0.3) is 0 Å². The summed E-state index contributed by atoms with van der Waals surface area (Å²) in [7, 11) is 1.77. The van der Waals surface area contributed by atoms with Crippen LogP contribution in [0, 0.1) is 6.92 Å². The van der Waals surface area contributed by atoms with Gasteiger partial charge in [0.15, 0.2) is 0 Å². The van der Waals surface area contributed by atoms with E-state index in [4.69, 9.17) is 16.3 Å². The zero-order valence-electron chi connectivity index (χ0n) is 8.30. The number of fused-ring (bicyclic) bond motifs is 1. The lowest BCUT2D eigenvalue weighted by molar-refractivity contribution is 0.152. The second kappa shape index (κ2) is 3.71. The van der Waals surface area contributed by atoms with Crippen LogP contribution in [-0.2, 0) is 11.3 Å². The van der Waals surface area contributed by atoms with Crippen molar-refractivity contribution in [1.82, 2.24) is 0 Å². The van der Waals surface area contributed by atoms with E-state index in [0.717, 1.165) is 27.4 Å². The predicted octanol–water partition coefficient (Wildman–Crippen LogP) is 2.60. The molecule has 0 unspecified atom stereocenters. The van der Waals surface area contributed by atoms with Crippen molar-refractivity contribution in [2.45, 2.75) is 13.5 Å². The van der Waals surface area contributed by atoms with Gasteiger partial charge in [0.2, 0.25) is 0 Å². The maximum Gasteiger partial charge on any atom is 0.0894 e. The molecular weight excluding hydrogens is 198 g/mol. The van der Waals surface area contributed by atoms with E-state index in [9.17, 15) is 0 Å². The lowest BCUT2D eigenvalue weighted by atomic mass is 9.99. The summed E-state index contributed by atoms with van der Waals surface area (Å²) in [6.07, 6.45) is 0. The van der Waals surface area contributed by atoms with Crippen molar-refractivity contribution >= 4 is 17.3 Å². The Bertz CT molecular complexity index is 399. The molecule has 3 heteroatoms. The number of halogens is 1. The average molecular weight is 210 g/mol. The van der Waals surface area contributed by atoms with Crippen LogP contribution in [0.15, 0.2) is 17.1 Å². The van der Waals surface area contributed by atoms with Crippen molar-refractivity contribution < 1.29 is 4.74 Å². The number of aryl methyl sites for hydroxylation is 1. The van der Waals surface area contributed by atoms with E-state index in [2.05, 4.69) is 11.1 Å². The van der Waals surface area contributed by atoms with Gasteiger partial charge in [-0.05, 0) is 18.1 Å². The van der Waals surface area contributed by atoms with E-state index in [-0.39, 0.29) is 0 Å². The molecule has 1 aliphatic rings. The maximum atomic E-state index is 6.25. The van der Waals surface area contributed by atoms with Gasteiger partial charge in [-0.15, -0.1) is 0 Å². The van der Waals surface area contributed by atoms with Crippen LogP contribution in [0.4, 0.5) is 0 Å². The highest BCUT2D eigenvalue weighted by Gasteiger charge is 2.19. The molecule has 0 spiro atoms. The van der Waals surface area contributed by atoms with Gasteiger partial charge in [-0.25, -0.2) is 0 Å². The van der Waals surface area contributed by atoms with Gasteiger partial charge in [-0.3, -0.25) is 4.99 Å². The van der Waals surface area contributed by atoms with Gasteiger partial charge in [0.25, 0.3) is 0 Å². The largest absolute Gasteiger partial charge is 0.370 e. The molecule has 2 nitrogen and oxygen atoms in total. The van der Waals surface area contributed by atoms with Gasteiger partial charge >= 0.3 is 0 Å². The lowest BCUT2D eigenvalue weighted by Crippen LogP contribution is -2.20. The van der Waals surface area contributed by atoms with Gasteiger partial charge in [0, 0.05) is 12.6 Å². The number of aliphatic imine (C=N–C) groups is 1. The highest BCUT2D eigenvalue weighted by Crippen LogP contribution is 2.28. The smallest absolute Gasteiger partial charge is 0.0894 e. The monoisotopic (exact) mass is 209 g/mol. The van der Waals surface area contributed by atoms with Crippen LogP contribution in [0.2, 0.25) is 5.02 Å². The van der Waals surface area contributed by atoms with E-state index < -0.39 is 0 Å². The number of rotatable bonds is 0. The van der Waals surface area contributed by atoms with E-state index >= 15 is 0 Å². The van der Waals surface area contributed by atoms with E-state index in [0.29, 0.717) is 13.2 Å². The highest BCUT2D eigenvalue weighted by molar-refractivity contribution is 6.35. The Hall–Kier alpha value is -0.860. The van der Waals surface area contributed by atoms with Gasteiger partial charge in [0.05, 0.1) is 23.9 Å². The third kappa shape index (κ3) is 1.45.